The van der Waals surface area contributed by atoms with Gasteiger partial charge in [0.05, 0.1) is 26.4 Å². The van der Waals surface area contributed by atoms with Crippen LogP contribution in [0.15, 0.2) is 0 Å². The molecule has 0 radical (unpaired) electrons. The van der Waals surface area contributed by atoms with E-state index < -0.39 is 11.5 Å². The van der Waals surface area contributed by atoms with Crippen LogP contribution in [0.5, 0.6) is 0 Å². The molecule has 1 rings (SSSR count). The maximum Gasteiger partial charge on any atom is 0.251 e. The fourth-order valence-electron chi connectivity index (χ4n) is 2.53. The standard InChI is InChI=1S/C17H32N2O5/c1-17(2,22)16(21)19-9-11-24-13-12-23-10-8-18-15(20)14-6-4-3-5-7-14/h14,22H,3-13H2,1-2H3,(H,18,20)(H,19,21). The first-order valence-electron chi connectivity index (χ1n) is 8.85. The molecule has 7 nitrogen and oxygen atoms in total. The van der Waals surface area contributed by atoms with Gasteiger partial charge in [-0.3, -0.25) is 9.59 Å². The average molecular weight is 344 g/mol. The highest BCUT2D eigenvalue weighted by molar-refractivity contribution is 5.83. The quantitative estimate of drug-likeness (QED) is 0.477. The molecule has 1 aliphatic rings. The van der Waals surface area contributed by atoms with Crippen LogP contribution in [0.3, 0.4) is 0 Å². The molecule has 0 unspecified atom stereocenters. The molecule has 0 aromatic carbocycles. The highest BCUT2D eigenvalue weighted by atomic mass is 16.5. The minimum absolute atomic E-state index is 0.150. The van der Waals surface area contributed by atoms with Gasteiger partial charge in [-0.25, -0.2) is 0 Å². The SMILES string of the molecule is CC(C)(O)C(=O)NCCOCCOCCNC(=O)C1CCCCC1. The molecule has 140 valence electrons. The lowest BCUT2D eigenvalue weighted by molar-refractivity contribution is -0.136. The van der Waals surface area contributed by atoms with E-state index in [0.717, 1.165) is 25.7 Å². The molecule has 0 heterocycles. The van der Waals surface area contributed by atoms with E-state index in [1.165, 1.54) is 20.3 Å². The Labute approximate surface area is 144 Å². The maximum absolute atomic E-state index is 11.9. The van der Waals surface area contributed by atoms with Gasteiger partial charge >= 0.3 is 0 Å². The van der Waals surface area contributed by atoms with E-state index in [4.69, 9.17) is 9.47 Å². The van der Waals surface area contributed by atoms with Crippen LogP contribution in [0.4, 0.5) is 0 Å². The number of carbonyl (C=O) groups is 2. The fourth-order valence-corrected chi connectivity index (χ4v) is 2.53. The van der Waals surface area contributed by atoms with E-state index >= 15 is 0 Å². The number of hydrogen-bond acceptors (Lipinski definition) is 5. The summed E-state index contributed by atoms with van der Waals surface area (Å²) in [6.07, 6.45) is 5.56. The summed E-state index contributed by atoms with van der Waals surface area (Å²) in [6.45, 7) is 5.44. The Morgan fingerprint density at radius 3 is 2.04 bits per heavy atom. The molecule has 1 aliphatic carbocycles. The number of ether oxygens (including phenoxy) is 2. The number of amides is 2. The van der Waals surface area contributed by atoms with Gasteiger partial charge in [0.2, 0.25) is 5.91 Å². The van der Waals surface area contributed by atoms with Crippen LogP contribution in [0, 0.1) is 5.92 Å². The van der Waals surface area contributed by atoms with Crippen molar-refractivity contribution in [3.05, 3.63) is 0 Å². The van der Waals surface area contributed by atoms with Gasteiger partial charge in [-0.1, -0.05) is 19.3 Å². The van der Waals surface area contributed by atoms with Crippen LogP contribution in [0.2, 0.25) is 0 Å². The first-order valence-corrected chi connectivity index (χ1v) is 8.85. The topological polar surface area (TPSA) is 96.9 Å². The van der Waals surface area contributed by atoms with Gasteiger partial charge in [-0.2, -0.15) is 0 Å². The van der Waals surface area contributed by atoms with Crippen LogP contribution in [-0.4, -0.2) is 62.0 Å². The van der Waals surface area contributed by atoms with Gasteiger partial charge < -0.3 is 25.2 Å². The molecular formula is C17H32N2O5. The predicted octanol–water partition coefficient (Wildman–Crippen LogP) is 0.603. The molecule has 0 atom stereocenters. The summed E-state index contributed by atoms with van der Waals surface area (Å²) in [7, 11) is 0. The van der Waals surface area contributed by atoms with Crippen molar-refractivity contribution in [1.29, 1.82) is 0 Å². The molecule has 0 bridgehead atoms. The van der Waals surface area contributed by atoms with E-state index in [2.05, 4.69) is 10.6 Å². The van der Waals surface area contributed by atoms with Gasteiger partial charge in [-0.05, 0) is 26.7 Å². The van der Waals surface area contributed by atoms with E-state index in [-0.39, 0.29) is 11.8 Å². The molecule has 2 amide bonds. The second kappa shape index (κ2) is 11.4. The smallest absolute Gasteiger partial charge is 0.251 e. The summed E-state index contributed by atoms with van der Waals surface area (Å²) >= 11 is 0. The van der Waals surface area contributed by atoms with Crippen molar-refractivity contribution in [3.8, 4) is 0 Å². The Bertz CT molecular complexity index is 376. The Morgan fingerprint density at radius 1 is 0.958 bits per heavy atom. The van der Waals surface area contributed by atoms with Crippen molar-refractivity contribution in [1.82, 2.24) is 10.6 Å². The summed E-state index contributed by atoms with van der Waals surface area (Å²) in [5.41, 5.74) is -1.37. The second-order valence-corrected chi connectivity index (χ2v) is 6.67. The minimum atomic E-state index is -1.37. The van der Waals surface area contributed by atoms with E-state index in [1.54, 1.807) is 0 Å². The summed E-state index contributed by atoms with van der Waals surface area (Å²) < 4.78 is 10.7. The predicted molar refractivity (Wildman–Crippen MR) is 90.5 cm³/mol. The zero-order chi connectivity index (χ0) is 17.8. The molecule has 0 saturated heterocycles. The lowest BCUT2D eigenvalue weighted by Crippen LogP contribution is -2.43. The van der Waals surface area contributed by atoms with Gasteiger partial charge in [0, 0.05) is 19.0 Å². The zero-order valence-corrected chi connectivity index (χ0v) is 14.9. The number of carbonyl (C=O) groups excluding carboxylic acids is 2. The Morgan fingerprint density at radius 2 is 1.50 bits per heavy atom. The normalized spacial score (nSPS) is 16.0. The van der Waals surface area contributed by atoms with E-state index in [0.29, 0.717) is 39.5 Å². The van der Waals surface area contributed by atoms with Crippen LogP contribution < -0.4 is 10.6 Å². The first kappa shape index (κ1) is 20.9. The van der Waals surface area contributed by atoms with E-state index in [9.17, 15) is 14.7 Å². The van der Waals surface area contributed by atoms with Crippen molar-refractivity contribution >= 4 is 11.8 Å². The summed E-state index contributed by atoms with van der Waals surface area (Å²) in [4.78, 5) is 23.3. The Kier molecular flexibility index (Phi) is 9.90. The third-order valence-electron chi connectivity index (χ3n) is 3.98. The van der Waals surface area contributed by atoms with Gasteiger partial charge in [-0.15, -0.1) is 0 Å². The number of aliphatic hydroxyl groups is 1. The van der Waals surface area contributed by atoms with Crippen molar-refractivity contribution in [2.45, 2.75) is 51.6 Å². The summed E-state index contributed by atoms with van der Waals surface area (Å²) in [5.74, 6) is -0.0886. The largest absolute Gasteiger partial charge is 0.381 e. The highest BCUT2D eigenvalue weighted by Crippen LogP contribution is 2.23. The van der Waals surface area contributed by atoms with Gasteiger partial charge in [0.1, 0.15) is 5.60 Å². The van der Waals surface area contributed by atoms with Crippen LogP contribution >= 0.6 is 0 Å². The first-order chi connectivity index (χ1) is 11.4. The third-order valence-corrected chi connectivity index (χ3v) is 3.98. The molecule has 1 fully saturated rings. The second-order valence-electron chi connectivity index (χ2n) is 6.67. The number of rotatable bonds is 11. The van der Waals surface area contributed by atoms with Crippen LogP contribution in [0.1, 0.15) is 46.0 Å². The Hall–Kier alpha value is -1.18. The number of hydrogen-bond donors (Lipinski definition) is 3. The van der Waals surface area contributed by atoms with Crippen molar-refractivity contribution in [3.63, 3.8) is 0 Å². The molecule has 0 spiro atoms. The highest BCUT2D eigenvalue weighted by Gasteiger charge is 2.22. The lowest BCUT2D eigenvalue weighted by atomic mass is 9.89. The molecular weight excluding hydrogens is 312 g/mol. The van der Waals surface area contributed by atoms with Gasteiger partial charge in [0.15, 0.2) is 0 Å². The molecule has 1 saturated carbocycles. The molecule has 24 heavy (non-hydrogen) atoms. The number of nitrogens with one attached hydrogen (secondary N) is 2. The maximum atomic E-state index is 11.9. The van der Waals surface area contributed by atoms with Crippen molar-refractivity contribution in [2.75, 3.05) is 39.5 Å². The van der Waals surface area contributed by atoms with Crippen LogP contribution in [0.25, 0.3) is 0 Å². The Balaban J connectivity index is 1.87. The van der Waals surface area contributed by atoms with Crippen molar-refractivity contribution in [2.24, 2.45) is 5.92 Å². The molecule has 3 N–H and O–H groups in total. The van der Waals surface area contributed by atoms with Gasteiger partial charge in [0.25, 0.3) is 5.91 Å². The van der Waals surface area contributed by atoms with E-state index in [1.807, 2.05) is 0 Å². The van der Waals surface area contributed by atoms with Crippen LogP contribution in [-0.2, 0) is 19.1 Å². The van der Waals surface area contributed by atoms with Crippen molar-refractivity contribution < 1.29 is 24.2 Å². The zero-order valence-electron chi connectivity index (χ0n) is 14.9. The molecule has 0 aromatic heterocycles. The molecule has 0 aliphatic heterocycles. The summed E-state index contributed by atoms with van der Waals surface area (Å²) in [5, 5.41) is 14.9. The monoisotopic (exact) mass is 344 g/mol. The fraction of sp³-hybridized carbons (Fsp3) is 0.882. The molecule has 0 aromatic rings. The summed E-state index contributed by atoms with van der Waals surface area (Å²) in [6, 6.07) is 0. The molecule has 7 heteroatoms. The average Bonchev–Trinajstić information content (AvgIpc) is 2.56. The minimum Gasteiger partial charge on any atom is -0.381 e. The lowest BCUT2D eigenvalue weighted by Gasteiger charge is -2.20. The third kappa shape index (κ3) is 9.20.